The third-order valence-corrected chi connectivity index (χ3v) is 3.25. The molecule has 114 valence electrons. The van der Waals surface area contributed by atoms with Crippen molar-refractivity contribution in [2.75, 3.05) is 22.9 Å². The lowest BCUT2D eigenvalue weighted by Gasteiger charge is -2.17. The number of carboxylic acids is 2. The van der Waals surface area contributed by atoms with Crippen molar-refractivity contribution in [3.8, 4) is 11.1 Å². The first-order chi connectivity index (χ1) is 10.3. The Morgan fingerprint density at radius 3 is 1.68 bits per heavy atom. The topological polar surface area (TPSA) is 179 Å². The monoisotopic (exact) mass is 302 g/mol. The minimum atomic E-state index is -1.50. The molecule has 0 bridgehead atoms. The Bertz CT molecular complexity index is 785. The van der Waals surface area contributed by atoms with Crippen LogP contribution in [0.5, 0.6) is 0 Å². The first kappa shape index (κ1) is 15.0. The van der Waals surface area contributed by atoms with Crippen molar-refractivity contribution >= 4 is 34.7 Å². The number of carbonyl (C=O) groups is 2. The molecule has 0 saturated carbocycles. The molecule has 22 heavy (non-hydrogen) atoms. The van der Waals surface area contributed by atoms with E-state index in [4.69, 9.17) is 22.9 Å². The van der Waals surface area contributed by atoms with Crippen LogP contribution >= 0.6 is 0 Å². The number of rotatable bonds is 3. The fourth-order valence-corrected chi connectivity index (χ4v) is 2.19. The highest BCUT2D eigenvalue weighted by molar-refractivity contribution is 6.15. The molecule has 0 aliphatic carbocycles. The molecule has 10 N–H and O–H groups in total. The zero-order valence-electron chi connectivity index (χ0n) is 11.3. The Labute approximate surface area is 124 Å². The fraction of sp³-hybridized carbons (Fsp3) is 0. The lowest BCUT2D eigenvalue weighted by Crippen LogP contribution is -2.17. The van der Waals surface area contributed by atoms with Gasteiger partial charge >= 0.3 is 11.9 Å². The number of nitrogen functional groups attached to an aromatic ring is 4. The molecule has 0 saturated heterocycles. The standard InChI is InChI=1S/C14H14N4O4/c15-6-3-1-5(2-4-6)7-8(13(19)20)9(14(21)22)11(17)12(18)10(7)16/h1-4H,15-18H2,(H,19,20)(H,21,22). The van der Waals surface area contributed by atoms with Crippen molar-refractivity contribution in [1.82, 2.24) is 0 Å². The van der Waals surface area contributed by atoms with E-state index in [0.29, 0.717) is 11.3 Å². The Hall–Kier alpha value is -3.42. The lowest BCUT2D eigenvalue weighted by atomic mass is 9.91. The Balaban J connectivity index is 2.96. The summed E-state index contributed by atoms with van der Waals surface area (Å²) < 4.78 is 0. The molecule has 0 amide bonds. The SMILES string of the molecule is Nc1ccc(-c2c(N)c(N)c(N)c(C(=O)O)c2C(=O)O)cc1. The second-order valence-electron chi connectivity index (χ2n) is 4.60. The van der Waals surface area contributed by atoms with Crippen LogP contribution in [0.2, 0.25) is 0 Å². The molecule has 0 aliphatic heterocycles. The summed E-state index contributed by atoms with van der Waals surface area (Å²) in [5.41, 5.74) is 21.9. The van der Waals surface area contributed by atoms with Crippen LogP contribution in [0.15, 0.2) is 24.3 Å². The third kappa shape index (κ3) is 2.22. The number of hydrogen-bond donors (Lipinski definition) is 6. The van der Waals surface area contributed by atoms with Crippen LogP contribution in [0.3, 0.4) is 0 Å². The molecule has 8 heteroatoms. The smallest absolute Gasteiger partial charge is 0.338 e. The number of nitrogens with two attached hydrogens (primary N) is 4. The van der Waals surface area contributed by atoms with E-state index in [2.05, 4.69) is 0 Å². The molecule has 0 atom stereocenters. The molecule has 0 heterocycles. The number of hydrogen-bond acceptors (Lipinski definition) is 6. The molecule has 0 spiro atoms. The van der Waals surface area contributed by atoms with Gasteiger partial charge in [0.25, 0.3) is 0 Å². The average molecular weight is 302 g/mol. The first-order valence-electron chi connectivity index (χ1n) is 6.08. The Morgan fingerprint density at radius 1 is 0.727 bits per heavy atom. The van der Waals surface area contributed by atoms with Gasteiger partial charge in [-0.05, 0) is 17.7 Å². The predicted octanol–water partition coefficient (Wildman–Crippen LogP) is 1.08. The van der Waals surface area contributed by atoms with Crippen molar-refractivity contribution < 1.29 is 19.8 Å². The molecule has 0 aromatic heterocycles. The largest absolute Gasteiger partial charge is 0.478 e. The molecule has 2 aromatic carbocycles. The highest BCUT2D eigenvalue weighted by Gasteiger charge is 2.28. The van der Waals surface area contributed by atoms with Crippen molar-refractivity contribution in [3.05, 3.63) is 35.4 Å². The van der Waals surface area contributed by atoms with Crippen LogP contribution in [-0.4, -0.2) is 22.2 Å². The van der Waals surface area contributed by atoms with E-state index in [9.17, 15) is 19.8 Å². The first-order valence-corrected chi connectivity index (χ1v) is 6.08. The zero-order chi connectivity index (χ0) is 16.6. The molecule has 8 nitrogen and oxygen atoms in total. The van der Waals surface area contributed by atoms with Crippen molar-refractivity contribution in [3.63, 3.8) is 0 Å². The fourth-order valence-electron chi connectivity index (χ4n) is 2.19. The summed E-state index contributed by atoms with van der Waals surface area (Å²) in [6.45, 7) is 0. The molecular weight excluding hydrogens is 288 g/mol. The highest BCUT2D eigenvalue weighted by atomic mass is 16.4. The Morgan fingerprint density at radius 2 is 1.23 bits per heavy atom. The van der Waals surface area contributed by atoms with E-state index in [0.717, 1.165) is 0 Å². The molecule has 0 unspecified atom stereocenters. The van der Waals surface area contributed by atoms with Crippen LogP contribution < -0.4 is 22.9 Å². The van der Waals surface area contributed by atoms with Crippen LogP contribution in [0.1, 0.15) is 20.7 Å². The summed E-state index contributed by atoms with van der Waals surface area (Å²) in [7, 11) is 0. The maximum atomic E-state index is 11.6. The number of benzene rings is 2. The minimum Gasteiger partial charge on any atom is -0.478 e. The summed E-state index contributed by atoms with van der Waals surface area (Å²) in [5, 5.41) is 18.7. The van der Waals surface area contributed by atoms with E-state index in [-0.39, 0.29) is 22.6 Å². The highest BCUT2D eigenvalue weighted by Crippen LogP contribution is 2.41. The van der Waals surface area contributed by atoms with Gasteiger partial charge in [0.2, 0.25) is 0 Å². The molecule has 2 rings (SSSR count). The molecule has 2 aromatic rings. The maximum absolute atomic E-state index is 11.6. The average Bonchev–Trinajstić information content (AvgIpc) is 2.45. The van der Waals surface area contributed by atoms with E-state index in [1.54, 1.807) is 0 Å². The van der Waals surface area contributed by atoms with Gasteiger partial charge in [0.05, 0.1) is 28.2 Å². The second kappa shape index (κ2) is 5.17. The van der Waals surface area contributed by atoms with Crippen LogP contribution in [0, 0.1) is 0 Å². The van der Waals surface area contributed by atoms with Crippen LogP contribution in [0.4, 0.5) is 22.7 Å². The summed E-state index contributed by atoms with van der Waals surface area (Å²) in [5.74, 6) is -2.97. The summed E-state index contributed by atoms with van der Waals surface area (Å²) in [6.07, 6.45) is 0. The molecule has 0 radical (unpaired) electrons. The number of carboxylic acid groups (broad SMARTS) is 2. The van der Waals surface area contributed by atoms with Gasteiger partial charge in [-0.1, -0.05) is 12.1 Å². The summed E-state index contributed by atoms with van der Waals surface area (Å²) >= 11 is 0. The zero-order valence-corrected chi connectivity index (χ0v) is 11.3. The normalized spacial score (nSPS) is 10.4. The molecule has 0 fully saturated rings. The Kier molecular flexibility index (Phi) is 3.52. The van der Waals surface area contributed by atoms with Gasteiger partial charge in [-0.2, -0.15) is 0 Å². The summed E-state index contributed by atoms with van der Waals surface area (Å²) in [6, 6.07) is 6.12. The lowest BCUT2D eigenvalue weighted by molar-refractivity contribution is 0.0653. The van der Waals surface area contributed by atoms with Gasteiger partial charge in [-0.3, -0.25) is 0 Å². The minimum absolute atomic E-state index is 0.00315. The summed E-state index contributed by atoms with van der Waals surface area (Å²) in [4.78, 5) is 23.0. The van der Waals surface area contributed by atoms with E-state index in [1.807, 2.05) is 0 Å². The predicted molar refractivity (Wildman–Crippen MR) is 83.4 cm³/mol. The molecule has 0 aliphatic rings. The van der Waals surface area contributed by atoms with Gasteiger partial charge in [0, 0.05) is 11.3 Å². The van der Waals surface area contributed by atoms with Gasteiger partial charge in [0.15, 0.2) is 0 Å². The van der Waals surface area contributed by atoms with Gasteiger partial charge in [-0.15, -0.1) is 0 Å². The van der Waals surface area contributed by atoms with Gasteiger partial charge < -0.3 is 33.1 Å². The maximum Gasteiger partial charge on any atom is 0.338 e. The van der Waals surface area contributed by atoms with E-state index < -0.39 is 23.1 Å². The van der Waals surface area contributed by atoms with E-state index in [1.165, 1.54) is 24.3 Å². The van der Waals surface area contributed by atoms with Crippen LogP contribution in [0.25, 0.3) is 11.1 Å². The van der Waals surface area contributed by atoms with Gasteiger partial charge in [0.1, 0.15) is 0 Å². The van der Waals surface area contributed by atoms with E-state index >= 15 is 0 Å². The van der Waals surface area contributed by atoms with Crippen molar-refractivity contribution in [1.29, 1.82) is 0 Å². The number of anilines is 4. The quantitative estimate of drug-likeness (QED) is 0.455. The number of aromatic carboxylic acids is 2. The third-order valence-electron chi connectivity index (χ3n) is 3.25. The van der Waals surface area contributed by atoms with Gasteiger partial charge in [-0.25, -0.2) is 9.59 Å². The molecular formula is C14H14N4O4. The van der Waals surface area contributed by atoms with Crippen molar-refractivity contribution in [2.45, 2.75) is 0 Å². The van der Waals surface area contributed by atoms with Crippen LogP contribution in [-0.2, 0) is 0 Å². The second-order valence-corrected chi connectivity index (χ2v) is 4.60. The van der Waals surface area contributed by atoms with Crippen molar-refractivity contribution in [2.24, 2.45) is 0 Å².